The molecule has 2 amide bonds. The number of carboxylic acids is 1. The zero-order valence-electron chi connectivity index (χ0n) is 11.7. The predicted molar refractivity (Wildman–Crippen MR) is 82.6 cm³/mol. The number of nitrogens with zero attached hydrogens (tertiary/aromatic N) is 2. The number of nitro groups is 1. The maximum absolute atomic E-state index is 12.5. The van der Waals surface area contributed by atoms with Gasteiger partial charge in [0.05, 0.1) is 32.3 Å². The van der Waals surface area contributed by atoms with E-state index in [1.165, 1.54) is 18.2 Å². The van der Waals surface area contributed by atoms with E-state index in [1.54, 1.807) is 0 Å². The number of rotatable bonds is 3. The number of non-ortho nitro benzene ring substituents is 1. The zero-order valence-corrected chi connectivity index (χ0v) is 12.5. The topological polar surface area (TPSA) is 118 Å². The van der Waals surface area contributed by atoms with Crippen LogP contribution in [0.3, 0.4) is 0 Å². The van der Waals surface area contributed by atoms with E-state index in [2.05, 4.69) is 0 Å². The van der Waals surface area contributed by atoms with Crippen molar-refractivity contribution < 1.29 is 24.4 Å². The Morgan fingerprint density at radius 2 is 1.75 bits per heavy atom. The van der Waals surface area contributed by atoms with Crippen LogP contribution in [-0.2, 0) is 0 Å². The van der Waals surface area contributed by atoms with Crippen LogP contribution in [0.15, 0.2) is 36.4 Å². The van der Waals surface area contributed by atoms with Gasteiger partial charge in [0.1, 0.15) is 0 Å². The Bertz CT molecular complexity index is 940. The molecule has 2 aromatic rings. The van der Waals surface area contributed by atoms with Crippen molar-refractivity contribution in [1.29, 1.82) is 0 Å². The fourth-order valence-corrected chi connectivity index (χ4v) is 2.64. The van der Waals surface area contributed by atoms with Gasteiger partial charge in [-0.2, -0.15) is 0 Å². The van der Waals surface area contributed by atoms with Crippen molar-refractivity contribution in [2.45, 2.75) is 0 Å². The molecule has 1 aliphatic heterocycles. The first kappa shape index (κ1) is 15.6. The van der Waals surface area contributed by atoms with Crippen molar-refractivity contribution in [3.63, 3.8) is 0 Å². The molecule has 0 saturated carbocycles. The number of hydrogen-bond donors (Lipinski definition) is 1. The molecule has 1 N–H and O–H groups in total. The molecule has 0 atom stereocenters. The number of benzene rings is 2. The summed E-state index contributed by atoms with van der Waals surface area (Å²) < 4.78 is 0. The van der Waals surface area contributed by atoms with E-state index in [-0.39, 0.29) is 33.1 Å². The molecule has 1 aliphatic rings. The van der Waals surface area contributed by atoms with E-state index in [1.807, 2.05) is 0 Å². The lowest BCUT2D eigenvalue weighted by Gasteiger charge is -2.15. The summed E-state index contributed by atoms with van der Waals surface area (Å²) in [5.74, 6) is -2.65. The SMILES string of the molecule is O=C(O)c1ccc2c(c1)C(=O)N(c1ccc([N+](=O)[O-])cc1Cl)C2=O. The van der Waals surface area contributed by atoms with Crippen molar-refractivity contribution in [2.24, 2.45) is 0 Å². The van der Waals surface area contributed by atoms with Crippen LogP contribution in [0.1, 0.15) is 31.1 Å². The number of carbonyl (C=O) groups excluding carboxylic acids is 2. The highest BCUT2D eigenvalue weighted by atomic mass is 35.5. The number of anilines is 1. The summed E-state index contributed by atoms with van der Waals surface area (Å²) in [6.45, 7) is 0. The number of aromatic carboxylic acids is 1. The molecule has 0 bridgehead atoms. The lowest BCUT2D eigenvalue weighted by atomic mass is 10.1. The first-order valence-electron chi connectivity index (χ1n) is 6.51. The standard InChI is InChI=1S/C15H7ClN2O6/c16-11-6-8(18(23)24)2-4-12(11)17-13(19)9-3-1-7(15(21)22)5-10(9)14(17)20/h1-6H,(H,21,22). The second kappa shape index (κ2) is 5.43. The van der Waals surface area contributed by atoms with E-state index < -0.39 is 22.7 Å². The van der Waals surface area contributed by atoms with Gasteiger partial charge in [0.15, 0.2) is 0 Å². The second-order valence-electron chi connectivity index (χ2n) is 4.90. The number of hydrogen-bond acceptors (Lipinski definition) is 5. The van der Waals surface area contributed by atoms with E-state index in [0.29, 0.717) is 0 Å². The van der Waals surface area contributed by atoms with E-state index in [0.717, 1.165) is 23.1 Å². The first-order chi connectivity index (χ1) is 11.3. The molecule has 0 aliphatic carbocycles. The highest BCUT2D eigenvalue weighted by Gasteiger charge is 2.38. The number of amides is 2. The summed E-state index contributed by atoms with van der Waals surface area (Å²) in [6, 6.07) is 6.92. The molecule has 3 rings (SSSR count). The van der Waals surface area contributed by atoms with Crippen LogP contribution in [0.5, 0.6) is 0 Å². The number of fused-ring (bicyclic) bond motifs is 1. The lowest BCUT2D eigenvalue weighted by Crippen LogP contribution is -2.29. The third-order valence-electron chi connectivity index (χ3n) is 3.52. The third-order valence-corrected chi connectivity index (χ3v) is 3.82. The van der Waals surface area contributed by atoms with Crippen LogP contribution < -0.4 is 4.90 Å². The summed E-state index contributed by atoms with van der Waals surface area (Å²) in [6.07, 6.45) is 0. The highest BCUT2D eigenvalue weighted by Crippen LogP contribution is 2.35. The molecule has 0 radical (unpaired) electrons. The van der Waals surface area contributed by atoms with E-state index in [4.69, 9.17) is 16.7 Å². The van der Waals surface area contributed by atoms with Gasteiger partial charge < -0.3 is 5.11 Å². The fourth-order valence-electron chi connectivity index (χ4n) is 2.38. The monoisotopic (exact) mass is 346 g/mol. The Morgan fingerprint density at radius 1 is 1.08 bits per heavy atom. The van der Waals surface area contributed by atoms with E-state index in [9.17, 15) is 24.5 Å². The number of carbonyl (C=O) groups is 3. The molecule has 0 fully saturated rings. The minimum atomic E-state index is -1.23. The predicted octanol–water partition coefficient (Wildman–Crippen LogP) is 2.75. The van der Waals surface area contributed by atoms with E-state index >= 15 is 0 Å². The third kappa shape index (κ3) is 2.29. The molecule has 0 aromatic heterocycles. The quantitative estimate of drug-likeness (QED) is 0.518. The van der Waals surface area contributed by atoms with Crippen molar-refractivity contribution in [3.05, 3.63) is 68.2 Å². The average Bonchev–Trinajstić information content (AvgIpc) is 2.78. The Kier molecular flexibility index (Phi) is 3.53. The van der Waals surface area contributed by atoms with Gasteiger partial charge in [-0.1, -0.05) is 11.6 Å². The Morgan fingerprint density at radius 3 is 2.33 bits per heavy atom. The van der Waals surface area contributed by atoms with Gasteiger partial charge in [-0.25, -0.2) is 9.69 Å². The van der Waals surface area contributed by atoms with Gasteiger partial charge >= 0.3 is 5.97 Å². The van der Waals surface area contributed by atoms with Crippen molar-refractivity contribution in [3.8, 4) is 0 Å². The minimum Gasteiger partial charge on any atom is -0.478 e. The summed E-state index contributed by atoms with van der Waals surface area (Å²) >= 11 is 5.96. The van der Waals surface area contributed by atoms with Crippen LogP contribution in [0.2, 0.25) is 5.02 Å². The van der Waals surface area contributed by atoms with Crippen LogP contribution >= 0.6 is 11.6 Å². The van der Waals surface area contributed by atoms with Crippen LogP contribution in [0.4, 0.5) is 11.4 Å². The maximum Gasteiger partial charge on any atom is 0.335 e. The minimum absolute atomic E-state index is 0.00894. The molecule has 0 spiro atoms. The molecule has 9 heteroatoms. The van der Waals surface area contributed by atoms with Crippen molar-refractivity contribution in [1.82, 2.24) is 0 Å². The molecule has 2 aromatic carbocycles. The largest absolute Gasteiger partial charge is 0.478 e. The maximum atomic E-state index is 12.5. The molecule has 24 heavy (non-hydrogen) atoms. The summed E-state index contributed by atoms with van der Waals surface area (Å²) in [5, 5.41) is 19.6. The number of halogens is 1. The molecule has 1 heterocycles. The Hall–Kier alpha value is -3.26. The number of carboxylic acid groups (broad SMARTS) is 1. The van der Waals surface area contributed by atoms with Crippen LogP contribution in [0, 0.1) is 10.1 Å². The van der Waals surface area contributed by atoms with Crippen molar-refractivity contribution >= 4 is 40.8 Å². The molecular formula is C15H7ClN2O6. The molecule has 0 unspecified atom stereocenters. The molecule has 0 saturated heterocycles. The normalized spacial score (nSPS) is 13.1. The van der Waals surface area contributed by atoms with Gasteiger partial charge in [0.2, 0.25) is 0 Å². The first-order valence-corrected chi connectivity index (χ1v) is 6.89. The van der Waals surface area contributed by atoms with Gasteiger partial charge in [-0.15, -0.1) is 0 Å². The zero-order chi connectivity index (χ0) is 17.6. The number of imide groups is 1. The van der Waals surface area contributed by atoms with Crippen LogP contribution in [0.25, 0.3) is 0 Å². The lowest BCUT2D eigenvalue weighted by molar-refractivity contribution is -0.384. The summed E-state index contributed by atoms with van der Waals surface area (Å²) in [7, 11) is 0. The molecule has 8 nitrogen and oxygen atoms in total. The van der Waals surface area contributed by atoms with Gasteiger partial charge in [-0.05, 0) is 24.3 Å². The fraction of sp³-hybridized carbons (Fsp3) is 0. The van der Waals surface area contributed by atoms with Crippen LogP contribution in [-0.4, -0.2) is 27.8 Å². The number of nitro benzene ring substituents is 1. The molecule has 120 valence electrons. The Balaban J connectivity index is 2.08. The highest BCUT2D eigenvalue weighted by molar-refractivity contribution is 6.40. The van der Waals surface area contributed by atoms with Gasteiger partial charge in [0.25, 0.3) is 17.5 Å². The second-order valence-corrected chi connectivity index (χ2v) is 5.31. The smallest absolute Gasteiger partial charge is 0.335 e. The van der Waals surface area contributed by atoms with Crippen molar-refractivity contribution in [2.75, 3.05) is 4.90 Å². The Labute approximate surface area is 139 Å². The summed E-state index contributed by atoms with van der Waals surface area (Å²) in [4.78, 5) is 46.7. The van der Waals surface area contributed by atoms with Gasteiger partial charge in [-0.3, -0.25) is 19.7 Å². The summed E-state index contributed by atoms with van der Waals surface area (Å²) in [5.41, 5.74) is -0.445. The average molecular weight is 347 g/mol. The van der Waals surface area contributed by atoms with Gasteiger partial charge in [0, 0.05) is 12.1 Å². The molecular weight excluding hydrogens is 340 g/mol.